The lowest BCUT2D eigenvalue weighted by Crippen LogP contribution is -2.14. The second-order valence-electron chi connectivity index (χ2n) is 9.70. The molecule has 0 bridgehead atoms. The Morgan fingerprint density at radius 1 is 0.857 bits per heavy atom. The number of ether oxygens (including phenoxy) is 2. The number of benzene rings is 3. The summed E-state index contributed by atoms with van der Waals surface area (Å²) in [6.45, 7) is 7.41. The van der Waals surface area contributed by atoms with Crippen LogP contribution >= 0.6 is 0 Å². The number of hydrogen-bond donors (Lipinski definition) is 2. The van der Waals surface area contributed by atoms with Gasteiger partial charge in [0.1, 0.15) is 36.4 Å². The summed E-state index contributed by atoms with van der Waals surface area (Å²) in [5.74, 6) is 4.18. The summed E-state index contributed by atoms with van der Waals surface area (Å²) in [6.07, 6.45) is 2.79. The summed E-state index contributed by atoms with van der Waals surface area (Å²) >= 11 is 0. The van der Waals surface area contributed by atoms with E-state index in [4.69, 9.17) is 9.47 Å². The number of aromatic nitrogens is 4. The zero-order valence-electron chi connectivity index (χ0n) is 20.0. The van der Waals surface area contributed by atoms with Gasteiger partial charge in [0.25, 0.3) is 0 Å². The average Bonchev–Trinajstić information content (AvgIpc) is 3.54. The standard InChI is InChI=1S/C29H26N4O2/c1-4-26-31-21-6-5-16(9-22(21)32-26)17-7-19-13-35-25-11-18(23-12-30-29(33-23)15(2)3)8-20-14-34-24(10-17)27(19)28(20)25/h5-12,15H,4,13-14H2,1-3H3,(H,30,33)(H,31,32). The third-order valence-corrected chi connectivity index (χ3v) is 7.04. The van der Waals surface area contributed by atoms with Crippen LogP contribution in [0.5, 0.6) is 11.5 Å². The zero-order valence-corrected chi connectivity index (χ0v) is 20.0. The van der Waals surface area contributed by atoms with E-state index in [2.05, 4.69) is 83.2 Å². The first-order valence-corrected chi connectivity index (χ1v) is 12.2. The second kappa shape index (κ2) is 7.47. The number of rotatable bonds is 4. The van der Waals surface area contributed by atoms with Gasteiger partial charge in [0.05, 0.1) is 22.9 Å². The number of fused-ring (bicyclic) bond motifs is 1. The number of nitrogens with zero attached hydrogens (tertiary/aromatic N) is 2. The van der Waals surface area contributed by atoms with Crippen molar-refractivity contribution in [3.63, 3.8) is 0 Å². The van der Waals surface area contributed by atoms with Crippen LogP contribution < -0.4 is 9.47 Å². The minimum atomic E-state index is 0.352. The smallest absolute Gasteiger partial charge is 0.128 e. The minimum absolute atomic E-state index is 0.352. The normalized spacial score (nSPS) is 13.6. The van der Waals surface area contributed by atoms with Crippen LogP contribution in [0.1, 0.15) is 49.5 Å². The average molecular weight is 463 g/mol. The molecular formula is C29H26N4O2. The molecule has 0 saturated heterocycles. The molecule has 5 aromatic rings. The highest BCUT2D eigenvalue weighted by Crippen LogP contribution is 2.50. The molecule has 3 aromatic carbocycles. The van der Waals surface area contributed by atoms with Gasteiger partial charge in [-0.15, -0.1) is 0 Å². The number of hydrogen-bond acceptors (Lipinski definition) is 4. The quantitative estimate of drug-likeness (QED) is 0.309. The summed E-state index contributed by atoms with van der Waals surface area (Å²) in [6, 6.07) is 15.1. The van der Waals surface area contributed by atoms with Gasteiger partial charge < -0.3 is 19.4 Å². The molecule has 6 nitrogen and oxygen atoms in total. The van der Waals surface area contributed by atoms with E-state index in [9.17, 15) is 0 Å². The fourth-order valence-electron chi connectivity index (χ4n) is 5.19. The van der Waals surface area contributed by atoms with Crippen LogP contribution in [0.3, 0.4) is 0 Å². The van der Waals surface area contributed by atoms with Gasteiger partial charge in [0.15, 0.2) is 0 Å². The van der Waals surface area contributed by atoms with E-state index in [-0.39, 0.29) is 0 Å². The van der Waals surface area contributed by atoms with E-state index in [0.29, 0.717) is 19.1 Å². The van der Waals surface area contributed by atoms with Crippen molar-refractivity contribution in [2.24, 2.45) is 0 Å². The van der Waals surface area contributed by atoms with Gasteiger partial charge in [0.2, 0.25) is 0 Å². The fourth-order valence-corrected chi connectivity index (χ4v) is 5.19. The van der Waals surface area contributed by atoms with E-state index in [1.165, 1.54) is 0 Å². The SMILES string of the molecule is CCc1nc2ccc(-c3cc4c5c(c3)OCc3cc(-c6cnc(C(C)C)[nH]6)cc(c3-5)OC4)cc2[nH]1. The number of H-pyrrole nitrogens is 2. The van der Waals surface area contributed by atoms with E-state index in [0.717, 1.165) is 85.2 Å². The highest BCUT2D eigenvalue weighted by atomic mass is 16.5. The Balaban J connectivity index is 1.32. The number of nitrogens with one attached hydrogen (secondary N) is 2. The van der Waals surface area contributed by atoms with Crippen molar-refractivity contribution in [2.75, 3.05) is 0 Å². The molecular weight excluding hydrogens is 436 g/mol. The number of aryl methyl sites for hydroxylation is 1. The topological polar surface area (TPSA) is 75.8 Å². The molecule has 0 fully saturated rings. The Bertz CT molecular complexity index is 1580. The molecule has 0 saturated carbocycles. The first kappa shape index (κ1) is 20.3. The molecule has 0 spiro atoms. The van der Waals surface area contributed by atoms with Crippen LogP contribution in [0, 0.1) is 0 Å². The molecule has 2 N–H and O–H groups in total. The van der Waals surface area contributed by atoms with Crippen LogP contribution in [0.15, 0.2) is 48.7 Å². The predicted octanol–water partition coefficient (Wildman–Crippen LogP) is 6.76. The molecule has 4 heterocycles. The van der Waals surface area contributed by atoms with E-state index in [1.54, 1.807) is 0 Å². The minimum Gasteiger partial charge on any atom is -0.488 e. The lowest BCUT2D eigenvalue weighted by molar-refractivity contribution is 0.278. The molecule has 0 radical (unpaired) electrons. The first-order chi connectivity index (χ1) is 17.1. The molecule has 0 amide bonds. The maximum atomic E-state index is 6.32. The van der Waals surface area contributed by atoms with Crippen LogP contribution in [0.25, 0.3) is 44.5 Å². The van der Waals surface area contributed by atoms with Gasteiger partial charge in [-0.25, -0.2) is 9.97 Å². The van der Waals surface area contributed by atoms with Crippen LogP contribution in [-0.2, 0) is 19.6 Å². The maximum absolute atomic E-state index is 6.32. The van der Waals surface area contributed by atoms with Gasteiger partial charge in [-0.1, -0.05) is 26.8 Å². The van der Waals surface area contributed by atoms with E-state index >= 15 is 0 Å². The van der Waals surface area contributed by atoms with Crippen molar-refractivity contribution in [1.29, 1.82) is 0 Å². The largest absolute Gasteiger partial charge is 0.488 e. The molecule has 35 heavy (non-hydrogen) atoms. The molecule has 0 unspecified atom stereocenters. The molecule has 6 heteroatoms. The van der Waals surface area contributed by atoms with E-state index < -0.39 is 0 Å². The van der Waals surface area contributed by atoms with Gasteiger partial charge >= 0.3 is 0 Å². The molecule has 2 aliphatic heterocycles. The van der Waals surface area contributed by atoms with Crippen molar-refractivity contribution >= 4 is 11.0 Å². The summed E-state index contributed by atoms with van der Waals surface area (Å²) in [5, 5.41) is 0. The lowest BCUT2D eigenvalue weighted by atomic mass is 9.87. The van der Waals surface area contributed by atoms with Crippen LogP contribution in [-0.4, -0.2) is 19.9 Å². The molecule has 2 aliphatic rings. The van der Waals surface area contributed by atoms with Gasteiger partial charge in [-0.05, 0) is 47.5 Å². The molecule has 0 atom stereocenters. The zero-order chi connectivity index (χ0) is 23.7. The van der Waals surface area contributed by atoms with Crippen LogP contribution in [0.2, 0.25) is 0 Å². The first-order valence-electron chi connectivity index (χ1n) is 12.2. The molecule has 7 rings (SSSR count). The molecule has 174 valence electrons. The lowest BCUT2D eigenvalue weighted by Gasteiger charge is -2.30. The van der Waals surface area contributed by atoms with Crippen molar-refractivity contribution < 1.29 is 9.47 Å². The molecule has 0 aliphatic carbocycles. The van der Waals surface area contributed by atoms with Crippen molar-refractivity contribution in [1.82, 2.24) is 19.9 Å². The predicted molar refractivity (Wildman–Crippen MR) is 137 cm³/mol. The molecule has 2 aromatic heterocycles. The Morgan fingerprint density at radius 2 is 1.57 bits per heavy atom. The summed E-state index contributed by atoms with van der Waals surface area (Å²) in [5.41, 5.74) is 11.0. The van der Waals surface area contributed by atoms with Gasteiger partial charge in [-0.3, -0.25) is 0 Å². The number of imidazole rings is 2. The second-order valence-corrected chi connectivity index (χ2v) is 9.70. The Morgan fingerprint density at radius 3 is 2.26 bits per heavy atom. The fraction of sp³-hybridized carbons (Fsp3) is 0.241. The third-order valence-electron chi connectivity index (χ3n) is 7.04. The van der Waals surface area contributed by atoms with Gasteiger partial charge in [-0.2, -0.15) is 0 Å². The monoisotopic (exact) mass is 462 g/mol. The van der Waals surface area contributed by atoms with E-state index in [1.807, 2.05) is 6.20 Å². The highest BCUT2D eigenvalue weighted by Gasteiger charge is 2.30. The van der Waals surface area contributed by atoms with Crippen molar-refractivity contribution in [2.45, 2.75) is 46.3 Å². The summed E-state index contributed by atoms with van der Waals surface area (Å²) in [4.78, 5) is 16.0. The van der Waals surface area contributed by atoms with Gasteiger partial charge in [0, 0.05) is 40.2 Å². The third kappa shape index (κ3) is 3.16. The van der Waals surface area contributed by atoms with Crippen LogP contribution in [0.4, 0.5) is 0 Å². The highest BCUT2D eigenvalue weighted by molar-refractivity contribution is 5.90. The van der Waals surface area contributed by atoms with Crippen molar-refractivity contribution in [3.8, 4) is 45.0 Å². The summed E-state index contributed by atoms with van der Waals surface area (Å²) < 4.78 is 12.6. The Kier molecular flexibility index (Phi) is 4.34. The Hall–Kier alpha value is -4.06. The summed E-state index contributed by atoms with van der Waals surface area (Å²) in [7, 11) is 0. The van der Waals surface area contributed by atoms with Crippen molar-refractivity contribution in [3.05, 3.63) is 71.4 Å². The Labute approximate surface area is 203 Å². The number of aromatic amines is 2. The maximum Gasteiger partial charge on any atom is 0.128 e.